The van der Waals surface area contributed by atoms with E-state index in [1.54, 1.807) is 11.3 Å². The Bertz CT molecular complexity index is 1040. The van der Waals surface area contributed by atoms with Gasteiger partial charge in [-0.2, -0.15) is 0 Å². The number of hydrogen-bond donors (Lipinski definition) is 0. The Morgan fingerprint density at radius 3 is 2.65 bits per heavy atom. The molecule has 2 amide bonds. The summed E-state index contributed by atoms with van der Waals surface area (Å²) in [6, 6.07) is 7.85. The van der Waals surface area contributed by atoms with E-state index < -0.39 is 32.2 Å². The molecule has 2 aromatic rings. The number of likely N-dealkylation sites (tertiary alicyclic amines) is 1. The fourth-order valence-electron chi connectivity index (χ4n) is 3.60. The summed E-state index contributed by atoms with van der Waals surface area (Å²) < 4.78 is 12.8. The highest BCUT2D eigenvalue weighted by Gasteiger charge is 2.58. The van der Waals surface area contributed by atoms with Gasteiger partial charge in [0, 0.05) is 12.5 Å². The largest absolute Gasteiger partial charge is 0.454 e. The predicted molar refractivity (Wildman–Crippen MR) is 140 cm³/mol. The normalized spacial score (nSPS) is 19.2. The number of imide groups is 1. The molecule has 0 bridgehead atoms. The third-order valence-electron chi connectivity index (χ3n) is 5.40. The van der Waals surface area contributed by atoms with E-state index in [1.807, 2.05) is 37.4 Å². The third-order valence-corrected chi connectivity index (χ3v) is 10.2. The van der Waals surface area contributed by atoms with Gasteiger partial charge in [0.25, 0.3) is 0 Å². The number of nitrogens with zero attached hydrogens (tertiary/aromatic N) is 2. The quantitative estimate of drug-likeness (QED) is 0.110. The standard InChI is InChI=1S/C23H29N2O5S3Si/c1-7-12-29-21(28)19(27)25-18(26)17(14(23(2,3)4)13-30-34(5)6)20(25)32-33-22-24-15-10-8-9-11-16(15)31-22/h7-11,14,17,20H,1,12-13H2,2-6H3/t14-,17+,20-/m1/s1. The average Bonchev–Trinajstić information content (AvgIpc) is 3.19. The third kappa shape index (κ3) is 6.12. The number of hydrogen-bond acceptors (Lipinski definition) is 9. The molecular formula is C23H29N2O5S3Si. The summed E-state index contributed by atoms with van der Waals surface area (Å²) in [4.78, 5) is 44.0. The molecule has 1 saturated heterocycles. The predicted octanol–water partition coefficient (Wildman–Crippen LogP) is 5.01. The highest BCUT2D eigenvalue weighted by Crippen LogP contribution is 2.51. The molecule has 0 spiro atoms. The van der Waals surface area contributed by atoms with Crippen LogP contribution in [0.1, 0.15) is 20.8 Å². The lowest BCUT2D eigenvalue weighted by molar-refractivity contribution is -0.175. The molecule has 34 heavy (non-hydrogen) atoms. The van der Waals surface area contributed by atoms with Crippen LogP contribution in [0.3, 0.4) is 0 Å². The van der Waals surface area contributed by atoms with E-state index >= 15 is 0 Å². The fraction of sp³-hybridized carbons (Fsp3) is 0.478. The van der Waals surface area contributed by atoms with Crippen molar-refractivity contribution < 1.29 is 23.5 Å². The number of β-lactam (4-membered cyclic amide) rings is 1. The second-order valence-corrected chi connectivity index (χ2v) is 14.8. The minimum atomic E-state index is -1.06. The lowest BCUT2D eigenvalue weighted by Crippen LogP contribution is -2.66. The van der Waals surface area contributed by atoms with Crippen LogP contribution in [0.15, 0.2) is 41.3 Å². The maximum atomic E-state index is 13.3. The average molecular weight is 538 g/mol. The summed E-state index contributed by atoms with van der Waals surface area (Å²) in [7, 11) is 1.83. The molecule has 11 heteroatoms. The summed E-state index contributed by atoms with van der Waals surface area (Å²) in [6.07, 6.45) is 1.38. The Morgan fingerprint density at radius 1 is 1.32 bits per heavy atom. The van der Waals surface area contributed by atoms with Crippen LogP contribution in [-0.2, 0) is 23.5 Å². The van der Waals surface area contributed by atoms with Gasteiger partial charge in [-0.1, -0.05) is 56.4 Å². The molecule has 2 heterocycles. The van der Waals surface area contributed by atoms with E-state index in [1.165, 1.54) is 27.7 Å². The lowest BCUT2D eigenvalue weighted by Gasteiger charge is -2.50. The van der Waals surface area contributed by atoms with Gasteiger partial charge in [-0.05, 0) is 41.4 Å². The SMILES string of the molecule is C=CCOC(=O)C(=O)N1C(=O)[C@H]([C@@H](CO[Si](C)C)C(C)(C)C)[C@H]1SSc1nc2ccccc2s1. The molecule has 1 aromatic carbocycles. The number of benzene rings is 1. The molecule has 1 aliphatic rings. The Kier molecular flexibility index (Phi) is 9.02. The number of carbonyl (C=O) groups is 3. The van der Waals surface area contributed by atoms with E-state index in [2.05, 4.69) is 32.3 Å². The molecule has 3 rings (SSSR count). The summed E-state index contributed by atoms with van der Waals surface area (Å²) >= 11 is 1.55. The van der Waals surface area contributed by atoms with Crippen molar-refractivity contribution in [3.63, 3.8) is 0 Å². The maximum absolute atomic E-state index is 13.3. The van der Waals surface area contributed by atoms with Crippen LogP contribution >= 0.6 is 32.9 Å². The number of ether oxygens (including phenoxy) is 1. The van der Waals surface area contributed by atoms with Gasteiger partial charge in [-0.15, -0.1) is 11.3 Å². The lowest BCUT2D eigenvalue weighted by atomic mass is 9.70. The molecule has 1 aliphatic heterocycles. The van der Waals surface area contributed by atoms with Crippen LogP contribution in [-0.4, -0.2) is 55.3 Å². The number of carbonyl (C=O) groups excluding carboxylic acids is 3. The van der Waals surface area contributed by atoms with E-state index in [4.69, 9.17) is 9.16 Å². The van der Waals surface area contributed by atoms with Crippen molar-refractivity contribution in [3.05, 3.63) is 36.9 Å². The van der Waals surface area contributed by atoms with E-state index in [0.29, 0.717) is 6.61 Å². The number of esters is 1. The van der Waals surface area contributed by atoms with E-state index in [0.717, 1.165) is 19.5 Å². The first-order valence-electron chi connectivity index (χ1n) is 10.8. The number of aromatic nitrogens is 1. The van der Waals surface area contributed by atoms with Gasteiger partial charge in [-0.3, -0.25) is 14.5 Å². The van der Waals surface area contributed by atoms with Crippen LogP contribution in [0, 0.1) is 17.3 Å². The van der Waals surface area contributed by atoms with Crippen molar-refractivity contribution in [1.29, 1.82) is 0 Å². The molecule has 1 fully saturated rings. The fourth-order valence-corrected chi connectivity index (χ4v) is 8.17. The van der Waals surface area contributed by atoms with Gasteiger partial charge in [0.05, 0.1) is 16.1 Å². The summed E-state index contributed by atoms with van der Waals surface area (Å²) in [6.45, 7) is 14.1. The van der Waals surface area contributed by atoms with Crippen LogP contribution in [0.2, 0.25) is 13.1 Å². The smallest absolute Gasteiger partial charge is 0.397 e. The molecule has 0 N–H and O–H groups in total. The first kappa shape index (κ1) is 26.9. The van der Waals surface area contributed by atoms with Crippen molar-refractivity contribution in [2.75, 3.05) is 13.2 Å². The second kappa shape index (κ2) is 11.4. The minimum Gasteiger partial charge on any atom is -0.454 e. The summed E-state index contributed by atoms with van der Waals surface area (Å²) in [5.74, 6) is -2.97. The van der Waals surface area contributed by atoms with Crippen molar-refractivity contribution in [2.45, 2.75) is 43.6 Å². The molecule has 1 aromatic heterocycles. The van der Waals surface area contributed by atoms with Crippen molar-refractivity contribution >= 4 is 70.0 Å². The van der Waals surface area contributed by atoms with Crippen molar-refractivity contribution in [3.8, 4) is 0 Å². The zero-order valence-corrected chi connectivity index (χ0v) is 23.4. The highest BCUT2D eigenvalue weighted by atomic mass is 33.1. The van der Waals surface area contributed by atoms with Crippen LogP contribution < -0.4 is 0 Å². The number of para-hydroxylation sites is 1. The minimum absolute atomic E-state index is 0.0927. The van der Waals surface area contributed by atoms with Crippen molar-refractivity contribution in [1.82, 2.24) is 9.88 Å². The monoisotopic (exact) mass is 537 g/mol. The Labute approximate surface area is 213 Å². The zero-order valence-electron chi connectivity index (χ0n) is 19.9. The maximum Gasteiger partial charge on any atom is 0.397 e. The molecule has 3 atom stereocenters. The zero-order chi connectivity index (χ0) is 25.0. The highest BCUT2D eigenvalue weighted by molar-refractivity contribution is 8.77. The summed E-state index contributed by atoms with van der Waals surface area (Å²) in [5, 5.41) is -0.537. The van der Waals surface area contributed by atoms with Crippen LogP contribution in [0.5, 0.6) is 0 Å². The molecule has 0 saturated carbocycles. The Balaban J connectivity index is 1.85. The number of amides is 2. The molecular weight excluding hydrogens is 509 g/mol. The van der Waals surface area contributed by atoms with Crippen LogP contribution in [0.4, 0.5) is 0 Å². The Hall–Kier alpha value is -1.66. The first-order chi connectivity index (χ1) is 16.0. The van der Waals surface area contributed by atoms with Gasteiger partial charge in [-0.25, -0.2) is 9.78 Å². The van der Waals surface area contributed by atoms with Gasteiger partial charge in [0.15, 0.2) is 4.34 Å². The second-order valence-electron chi connectivity index (χ2n) is 9.14. The number of fused-ring (bicyclic) bond motifs is 1. The molecule has 7 nitrogen and oxygen atoms in total. The van der Waals surface area contributed by atoms with Gasteiger partial charge in [0.2, 0.25) is 14.9 Å². The van der Waals surface area contributed by atoms with Gasteiger partial charge in [0.1, 0.15) is 12.0 Å². The number of rotatable bonds is 9. The Morgan fingerprint density at radius 2 is 2.03 bits per heavy atom. The topological polar surface area (TPSA) is 85.8 Å². The van der Waals surface area contributed by atoms with E-state index in [9.17, 15) is 14.4 Å². The van der Waals surface area contributed by atoms with Gasteiger partial charge >= 0.3 is 11.9 Å². The van der Waals surface area contributed by atoms with E-state index in [-0.39, 0.29) is 23.8 Å². The molecule has 0 aliphatic carbocycles. The molecule has 183 valence electrons. The number of thiazole rings is 1. The van der Waals surface area contributed by atoms with Gasteiger partial charge < -0.3 is 9.16 Å². The molecule has 0 unspecified atom stereocenters. The molecule has 1 radical (unpaired) electrons. The van der Waals surface area contributed by atoms with Crippen LogP contribution in [0.25, 0.3) is 10.2 Å². The van der Waals surface area contributed by atoms with Crippen molar-refractivity contribution in [2.24, 2.45) is 17.3 Å². The first-order valence-corrected chi connectivity index (χ1v) is 16.2. The summed E-state index contributed by atoms with van der Waals surface area (Å²) in [5.41, 5.74) is 0.662.